The Balaban J connectivity index is 1.79. The number of anilines is 2. The van der Waals surface area contributed by atoms with Gasteiger partial charge in [-0.15, -0.1) is 11.8 Å². The van der Waals surface area contributed by atoms with E-state index in [0.717, 1.165) is 17.2 Å². The summed E-state index contributed by atoms with van der Waals surface area (Å²) in [5.74, 6) is -0.357. The zero-order valence-electron chi connectivity index (χ0n) is 16.5. The van der Waals surface area contributed by atoms with E-state index in [1.807, 2.05) is 42.0 Å². The lowest BCUT2D eigenvalue weighted by molar-refractivity contribution is -0.136. The second-order valence-electron chi connectivity index (χ2n) is 6.78. The fourth-order valence-corrected chi connectivity index (χ4v) is 3.89. The third-order valence-corrected chi connectivity index (χ3v) is 5.55. The van der Waals surface area contributed by atoms with Gasteiger partial charge in [0.1, 0.15) is 6.04 Å². The molecular weight excluding hydrogens is 443 g/mol. The number of hydrogen-bond acceptors (Lipinski definition) is 3. The number of halogens is 3. The Morgan fingerprint density at radius 1 is 1.06 bits per heavy atom. The number of allylic oxidation sites excluding steroid dienone is 1. The fourth-order valence-electron chi connectivity index (χ4n) is 2.97. The van der Waals surface area contributed by atoms with Crippen LogP contribution in [0.4, 0.5) is 24.5 Å². The van der Waals surface area contributed by atoms with Gasteiger partial charge in [0, 0.05) is 5.69 Å². The molecule has 2 aromatic rings. The molecule has 4 nitrogen and oxygen atoms in total. The standard InChI is InChI=1S/C22H20F3N3OS2/c1-14-7-2-4-10-17(14)26-20(29)19(15-8-6-12-31-13-15)28-21(30)27-18-11-5-3-9-16(18)22(23,24)25/h2-7,9-13,19H,8H2,1H3,(H,26,29)(H2,27,28,30). The SMILES string of the molecule is Cc1ccccc1NC(=O)C(NC(=S)Nc1ccccc1C(F)(F)F)C1=CSC=CC1. The van der Waals surface area contributed by atoms with E-state index in [9.17, 15) is 18.0 Å². The number of rotatable bonds is 5. The lowest BCUT2D eigenvalue weighted by atomic mass is 10.0. The van der Waals surface area contributed by atoms with Gasteiger partial charge in [0.05, 0.1) is 11.3 Å². The van der Waals surface area contributed by atoms with E-state index in [2.05, 4.69) is 16.0 Å². The topological polar surface area (TPSA) is 53.2 Å². The average molecular weight is 464 g/mol. The van der Waals surface area contributed by atoms with Crippen LogP contribution in [0.15, 0.2) is 71.0 Å². The number of thiocarbonyl (C=S) groups is 1. The van der Waals surface area contributed by atoms with Crippen molar-refractivity contribution in [2.75, 3.05) is 10.6 Å². The highest BCUT2D eigenvalue weighted by Gasteiger charge is 2.33. The van der Waals surface area contributed by atoms with Crippen LogP contribution < -0.4 is 16.0 Å². The fraction of sp³-hybridized carbons (Fsp3) is 0.182. The first-order valence-electron chi connectivity index (χ1n) is 9.35. The van der Waals surface area contributed by atoms with Gasteiger partial charge >= 0.3 is 6.18 Å². The van der Waals surface area contributed by atoms with E-state index in [4.69, 9.17) is 12.2 Å². The first-order chi connectivity index (χ1) is 14.8. The van der Waals surface area contributed by atoms with Crippen molar-refractivity contribution >= 4 is 46.4 Å². The molecule has 0 saturated heterocycles. The third-order valence-electron chi connectivity index (χ3n) is 4.54. The summed E-state index contributed by atoms with van der Waals surface area (Å²) in [6, 6.07) is 11.5. The van der Waals surface area contributed by atoms with Gasteiger partial charge in [-0.2, -0.15) is 13.2 Å². The normalized spacial score (nSPS) is 14.4. The van der Waals surface area contributed by atoms with Gasteiger partial charge in [-0.1, -0.05) is 36.4 Å². The Hall–Kier alpha value is -2.78. The van der Waals surface area contributed by atoms with Crippen LogP contribution in [0.3, 0.4) is 0 Å². The number of hydrogen-bond donors (Lipinski definition) is 3. The Morgan fingerprint density at radius 3 is 2.39 bits per heavy atom. The molecule has 162 valence electrons. The van der Waals surface area contributed by atoms with Gasteiger partial charge in [-0.05, 0) is 65.7 Å². The predicted molar refractivity (Wildman–Crippen MR) is 124 cm³/mol. The number of aryl methyl sites for hydroxylation is 1. The van der Waals surface area contributed by atoms with Gasteiger partial charge in [0.15, 0.2) is 5.11 Å². The zero-order chi connectivity index (χ0) is 22.4. The Morgan fingerprint density at radius 2 is 1.74 bits per heavy atom. The first kappa shape index (κ1) is 22.9. The van der Waals surface area contributed by atoms with Gasteiger partial charge in [-0.3, -0.25) is 4.79 Å². The monoisotopic (exact) mass is 463 g/mol. The van der Waals surface area contributed by atoms with Gasteiger partial charge < -0.3 is 16.0 Å². The summed E-state index contributed by atoms with van der Waals surface area (Å²) in [6.45, 7) is 1.87. The molecule has 1 aliphatic rings. The minimum atomic E-state index is -4.53. The lowest BCUT2D eigenvalue weighted by Crippen LogP contribution is -2.47. The quantitative estimate of drug-likeness (QED) is 0.486. The number of amides is 1. The molecule has 1 heterocycles. The molecule has 0 aromatic heterocycles. The molecule has 1 amide bonds. The second-order valence-corrected chi connectivity index (χ2v) is 7.97. The molecule has 1 aliphatic heterocycles. The molecule has 0 bridgehead atoms. The van der Waals surface area contributed by atoms with E-state index in [-0.39, 0.29) is 16.7 Å². The van der Waals surface area contributed by atoms with Crippen molar-refractivity contribution in [2.24, 2.45) is 0 Å². The highest BCUT2D eigenvalue weighted by Crippen LogP contribution is 2.34. The van der Waals surface area contributed by atoms with Crippen LogP contribution in [0, 0.1) is 6.92 Å². The number of nitrogens with one attached hydrogen (secondary N) is 3. The van der Waals surface area contributed by atoms with E-state index < -0.39 is 17.8 Å². The number of thioether (sulfide) groups is 1. The average Bonchev–Trinajstić information content (AvgIpc) is 2.74. The van der Waals surface area contributed by atoms with Gasteiger partial charge in [0.2, 0.25) is 0 Å². The maximum absolute atomic E-state index is 13.3. The Bertz CT molecular complexity index is 1030. The third kappa shape index (κ3) is 6.11. The van der Waals surface area contributed by atoms with Crippen molar-refractivity contribution in [3.05, 3.63) is 82.1 Å². The number of benzene rings is 2. The van der Waals surface area contributed by atoms with Crippen LogP contribution in [0.25, 0.3) is 0 Å². The molecule has 0 fully saturated rings. The second kappa shape index (κ2) is 10.0. The van der Waals surface area contributed by atoms with Gasteiger partial charge in [-0.25, -0.2) is 0 Å². The number of para-hydroxylation sites is 2. The summed E-state index contributed by atoms with van der Waals surface area (Å²) in [5, 5.41) is 12.0. The summed E-state index contributed by atoms with van der Waals surface area (Å²) in [6.07, 6.45) is -2.10. The van der Waals surface area contributed by atoms with Crippen molar-refractivity contribution in [3.63, 3.8) is 0 Å². The summed E-state index contributed by atoms with van der Waals surface area (Å²) in [5.41, 5.74) is 1.28. The van der Waals surface area contributed by atoms with E-state index >= 15 is 0 Å². The number of alkyl halides is 3. The molecule has 3 rings (SSSR count). The maximum atomic E-state index is 13.3. The molecule has 0 spiro atoms. The van der Waals surface area contributed by atoms with E-state index in [1.54, 1.807) is 6.07 Å². The lowest BCUT2D eigenvalue weighted by Gasteiger charge is -2.24. The molecule has 1 atom stereocenters. The predicted octanol–water partition coefficient (Wildman–Crippen LogP) is 5.84. The minimum absolute atomic E-state index is 0.0814. The molecule has 2 aromatic carbocycles. The maximum Gasteiger partial charge on any atom is 0.418 e. The highest BCUT2D eigenvalue weighted by molar-refractivity contribution is 8.05. The van der Waals surface area contributed by atoms with Crippen LogP contribution >= 0.6 is 24.0 Å². The van der Waals surface area contributed by atoms with Crippen LogP contribution in [-0.2, 0) is 11.0 Å². The highest BCUT2D eigenvalue weighted by atomic mass is 32.2. The molecule has 0 saturated carbocycles. The number of carbonyl (C=O) groups excluding carboxylic acids is 1. The van der Waals surface area contributed by atoms with Crippen LogP contribution in [-0.4, -0.2) is 17.1 Å². The molecule has 0 aliphatic carbocycles. The molecule has 31 heavy (non-hydrogen) atoms. The zero-order valence-corrected chi connectivity index (χ0v) is 18.1. The van der Waals surface area contributed by atoms with Crippen LogP contribution in [0.1, 0.15) is 17.5 Å². The van der Waals surface area contributed by atoms with Crippen molar-refractivity contribution < 1.29 is 18.0 Å². The van der Waals surface area contributed by atoms with Crippen molar-refractivity contribution in [3.8, 4) is 0 Å². The van der Waals surface area contributed by atoms with Crippen LogP contribution in [0.5, 0.6) is 0 Å². The molecule has 3 N–H and O–H groups in total. The first-order valence-corrected chi connectivity index (χ1v) is 10.7. The summed E-state index contributed by atoms with van der Waals surface area (Å²) < 4.78 is 39.8. The van der Waals surface area contributed by atoms with Crippen molar-refractivity contribution in [1.82, 2.24) is 5.32 Å². The molecular formula is C22H20F3N3OS2. The Kier molecular flexibility index (Phi) is 7.40. The minimum Gasteiger partial charge on any atom is -0.347 e. The van der Waals surface area contributed by atoms with Crippen LogP contribution in [0.2, 0.25) is 0 Å². The summed E-state index contributed by atoms with van der Waals surface area (Å²) >= 11 is 6.67. The van der Waals surface area contributed by atoms with Crippen molar-refractivity contribution in [2.45, 2.75) is 25.6 Å². The van der Waals surface area contributed by atoms with E-state index in [0.29, 0.717) is 12.1 Å². The van der Waals surface area contributed by atoms with Gasteiger partial charge in [0.25, 0.3) is 5.91 Å². The summed E-state index contributed by atoms with van der Waals surface area (Å²) in [7, 11) is 0. The molecule has 0 radical (unpaired) electrons. The molecule has 1 unspecified atom stereocenters. The van der Waals surface area contributed by atoms with Crippen molar-refractivity contribution in [1.29, 1.82) is 0 Å². The summed E-state index contributed by atoms with van der Waals surface area (Å²) in [4.78, 5) is 13.1. The molecule has 9 heteroatoms. The largest absolute Gasteiger partial charge is 0.418 e. The number of carbonyl (C=O) groups is 1. The smallest absolute Gasteiger partial charge is 0.347 e. The van der Waals surface area contributed by atoms with E-state index in [1.165, 1.54) is 30.0 Å². The Labute approximate surface area is 188 Å².